The fourth-order valence-corrected chi connectivity index (χ4v) is 2.17. The lowest BCUT2D eigenvalue weighted by Crippen LogP contribution is -2.36. The Morgan fingerprint density at radius 2 is 2.25 bits per heavy atom. The van der Waals surface area contributed by atoms with Crippen LogP contribution in [0.15, 0.2) is 12.2 Å². The van der Waals surface area contributed by atoms with Gasteiger partial charge in [0.1, 0.15) is 0 Å². The minimum Gasteiger partial charge on any atom is -0.300 e. The smallest absolute Gasteiger partial charge is 0.0182 e. The van der Waals surface area contributed by atoms with Crippen LogP contribution in [-0.4, -0.2) is 24.0 Å². The molecule has 0 saturated carbocycles. The van der Waals surface area contributed by atoms with Crippen molar-refractivity contribution in [2.24, 2.45) is 5.92 Å². The summed E-state index contributed by atoms with van der Waals surface area (Å²) in [5, 5.41) is 0. The molecule has 1 rings (SSSR count). The molecule has 0 aromatic rings. The first-order chi connectivity index (χ1) is 5.62. The fraction of sp³-hybridized carbons (Fsp3) is 0.818. The Hall–Kier alpha value is -0.300. The van der Waals surface area contributed by atoms with Crippen molar-refractivity contribution in [2.45, 2.75) is 39.2 Å². The first-order valence-corrected chi connectivity index (χ1v) is 4.96. The van der Waals surface area contributed by atoms with Crippen molar-refractivity contribution >= 4 is 0 Å². The summed E-state index contributed by atoms with van der Waals surface area (Å²) in [6.45, 7) is 8.00. The van der Waals surface area contributed by atoms with Crippen LogP contribution in [0.3, 0.4) is 0 Å². The highest BCUT2D eigenvalue weighted by Gasteiger charge is 2.36. The summed E-state index contributed by atoms with van der Waals surface area (Å²) < 4.78 is 0. The second kappa shape index (κ2) is 3.61. The summed E-state index contributed by atoms with van der Waals surface area (Å²) in [6.07, 6.45) is 7.11. The lowest BCUT2D eigenvalue weighted by Gasteiger charge is -2.30. The molecule has 2 atom stereocenters. The molecule has 1 aliphatic heterocycles. The highest BCUT2D eigenvalue weighted by molar-refractivity contribution is 5.00. The number of rotatable bonds is 2. The molecule has 70 valence electrons. The first kappa shape index (κ1) is 9.79. The number of allylic oxidation sites excluding steroid dienone is 1. The van der Waals surface area contributed by atoms with Crippen LogP contribution < -0.4 is 0 Å². The molecule has 0 aromatic carbocycles. The zero-order valence-corrected chi connectivity index (χ0v) is 8.80. The molecule has 0 spiro atoms. The third-order valence-electron chi connectivity index (χ3n) is 3.36. The maximum Gasteiger partial charge on any atom is 0.0182 e. The van der Waals surface area contributed by atoms with Gasteiger partial charge < -0.3 is 4.90 Å². The van der Waals surface area contributed by atoms with Crippen LogP contribution in [0.1, 0.15) is 33.6 Å². The van der Waals surface area contributed by atoms with Gasteiger partial charge in [0.15, 0.2) is 0 Å². The third-order valence-corrected chi connectivity index (χ3v) is 3.36. The molecule has 0 amide bonds. The van der Waals surface area contributed by atoms with E-state index >= 15 is 0 Å². The molecule has 0 aliphatic carbocycles. The van der Waals surface area contributed by atoms with Crippen molar-refractivity contribution in [3.8, 4) is 0 Å². The average Bonchev–Trinajstić information content (AvgIpc) is 2.30. The van der Waals surface area contributed by atoms with E-state index in [4.69, 9.17) is 0 Å². The standard InChI is InChI=1S/C11H21N/c1-5-7-10-8-11(3,6-2)12(4)9-10/h5,7,10H,6,8-9H2,1-4H3/b7-5+/t10-,11+/m0/s1. The van der Waals surface area contributed by atoms with E-state index in [1.54, 1.807) is 0 Å². The second-order valence-electron chi connectivity index (χ2n) is 4.22. The zero-order valence-electron chi connectivity index (χ0n) is 8.80. The Balaban J connectivity index is 2.61. The van der Waals surface area contributed by atoms with E-state index in [9.17, 15) is 0 Å². The highest BCUT2D eigenvalue weighted by atomic mass is 15.2. The molecular weight excluding hydrogens is 146 g/mol. The molecular formula is C11H21N. The van der Waals surface area contributed by atoms with Crippen LogP contribution in [0, 0.1) is 5.92 Å². The van der Waals surface area contributed by atoms with Gasteiger partial charge in [-0.1, -0.05) is 19.1 Å². The van der Waals surface area contributed by atoms with Crippen LogP contribution in [0.4, 0.5) is 0 Å². The van der Waals surface area contributed by atoms with Crippen LogP contribution >= 0.6 is 0 Å². The number of nitrogens with zero attached hydrogens (tertiary/aromatic N) is 1. The topological polar surface area (TPSA) is 3.24 Å². The Labute approximate surface area is 76.5 Å². The molecule has 1 heteroatoms. The largest absolute Gasteiger partial charge is 0.300 e. The average molecular weight is 167 g/mol. The van der Waals surface area contributed by atoms with E-state index < -0.39 is 0 Å². The lowest BCUT2D eigenvalue weighted by atomic mass is 9.92. The molecule has 12 heavy (non-hydrogen) atoms. The van der Waals surface area contributed by atoms with Gasteiger partial charge in [-0.25, -0.2) is 0 Å². The molecule has 1 fully saturated rings. The van der Waals surface area contributed by atoms with Gasteiger partial charge in [0.05, 0.1) is 0 Å². The third kappa shape index (κ3) is 1.71. The van der Waals surface area contributed by atoms with E-state index in [0.29, 0.717) is 5.54 Å². The second-order valence-corrected chi connectivity index (χ2v) is 4.22. The Bertz CT molecular complexity index is 174. The monoisotopic (exact) mass is 167 g/mol. The van der Waals surface area contributed by atoms with Gasteiger partial charge >= 0.3 is 0 Å². The van der Waals surface area contributed by atoms with Crippen molar-refractivity contribution in [3.63, 3.8) is 0 Å². The van der Waals surface area contributed by atoms with Crippen LogP contribution in [0.25, 0.3) is 0 Å². The predicted molar refractivity (Wildman–Crippen MR) is 54.2 cm³/mol. The van der Waals surface area contributed by atoms with E-state index in [0.717, 1.165) is 5.92 Å². The summed E-state index contributed by atoms with van der Waals surface area (Å²) in [5.74, 6) is 0.782. The first-order valence-electron chi connectivity index (χ1n) is 4.96. The van der Waals surface area contributed by atoms with Gasteiger partial charge in [0, 0.05) is 12.1 Å². The molecule has 1 saturated heterocycles. The lowest BCUT2D eigenvalue weighted by molar-refractivity contribution is 0.189. The van der Waals surface area contributed by atoms with Crippen molar-refractivity contribution < 1.29 is 0 Å². The van der Waals surface area contributed by atoms with Crippen molar-refractivity contribution in [1.82, 2.24) is 4.90 Å². The summed E-state index contributed by atoms with van der Waals surface area (Å²) in [5.41, 5.74) is 0.449. The van der Waals surface area contributed by atoms with Crippen molar-refractivity contribution in [2.75, 3.05) is 13.6 Å². The van der Waals surface area contributed by atoms with E-state index in [2.05, 4.69) is 44.9 Å². The van der Waals surface area contributed by atoms with Gasteiger partial charge in [0.25, 0.3) is 0 Å². The van der Waals surface area contributed by atoms with Crippen LogP contribution in [0.2, 0.25) is 0 Å². The Morgan fingerprint density at radius 3 is 2.67 bits per heavy atom. The summed E-state index contributed by atoms with van der Waals surface area (Å²) in [4.78, 5) is 2.50. The van der Waals surface area contributed by atoms with Crippen molar-refractivity contribution in [1.29, 1.82) is 0 Å². The summed E-state index contributed by atoms with van der Waals surface area (Å²) in [6, 6.07) is 0. The maximum atomic E-state index is 2.50. The fourth-order valence-electron chi connectivity index (χ4n) is 2.17. The number of likely N-dealkylation sites (tertiary alicyclic amines) is 1. The van der Waals surface area contributed by atoms with Gasteiger partial charge in [-0.15, -0.1) is 0 Å². The Morgan fingerprint density at radius 1 is 1.58 bits per heavy atom. The molecule has 0 radical (unpaired) electrons. The maximum absolute atomic E-state index is 2.50. The molecule has 1 heterocycles. The van der Waals surface area contributed by atoms with Gasteiger partial charge in [0.2, 0.25) is 0 Å². The minimum atomic E-state index is 0.449. The predicted octanol–water partition coefficient (Wildman–Crippen LogP) is 2.68. The van der Waals surface area contributed by atoms with E-state index in [1.807, 2.05) is 0 Å². The normalized spacial score (nSPS) is 38.2. The van der Waals surface area contributed by atoms with Gasteiger partial charge in [-0.3, -0.25) is 0 Å². The summed E-state index contributed by atoms with van der Waals surface area (Å²) in [7, 11) is 2.24. The van der Waals surface area contributed by atoms with Gasteiger partial charge in [-0.05, 0) is 39.7 Å². The minimum absolute atomic E-state index is 0.449. The number of hydrogen-bond acceptors (Lipinski definition) is 1. The van der Waals surface area contributed by atoms with Crippen LogP contribution in [-0.2, 0) is 0 Å². The SMILES string of the molecule is C/C=C/[C@@H]1CN(C)[C@](C)(CC)C1. The molecule has 1 nitrogen and oxygen atoms in total. The molecule has 1 aliphatic rings. The molecule has 0 aromatic heterocycles. The quantitative estimate of drug-likeness (QED) is 0.572. The summed E-state index contributed by atoms with van der Waals surface area (Å²) >= 11 is 0. The van der Waals surface area contributed by atoms with Gasteiger partial charge in [-0.2, -0.15) is 0 Å². The van der Waals surface area contributed by atoms with E-state index in [-0.39, 0.29) is 0 Å². The van der Waals surface area contributed by atoms with Crippen LogP contribution in [0.5, 0.6) is 0 Å². The van der Waals surface area contributed by atoms with Crippen molar-refractivity contribution in [3.05, 3.63) is 12.2 Å². The highest BCUT2D eigenvalue weighted by Crippen LogP contribution is 2.34. The van der Waals surface area contributed by atoms with E-state index in [1.165, 1.54) is 19.4 Å². The zero-order chi connectivity index (χ0) is 9.19. The number of hydrogen-bond donors (Lipinski definition) is 0. The molecule has 0 unspecified atom stereocenters. The Kier molecular flexibility index (Phi) is 2.94. The molecule has 0 bridgehead atoms. The molecule has 0 N–H and O–H groups in total.